The van der Waals surface area contributed by atoms with Gasteiger partial charge in [0, 0.05) is 17.8 Å². The highest BCUT2D eigenvalue weighted by atomic mass is 16.6. The van der Waals surface area contributed by atoms with E-state index in [9.17, 15) is 14.4 Å². The summed E-state index contributed by atoms with van der Waals surface area (Å²) in [7, 11) is 0. The number of hydrogen-bond donors (Lipinski definition) is 2. The Bertz CT molecular complexity index is 1420. The smallest absolute Gasteiger partial charge is 0.408 e. The molecule has 0 aliphatic rings. The second-order valence-corrected chi connectivity index (χ2v) is 11.9. The van der Waals surface area contributed by atoms with Crippen molar-refractivity contribution in [3.8, 4) is 12.3 Å². The van der Waals surface area contributed by atoms with Gasteiger partial charge in [0.25, 0.3) is 5.91 Å². The molecule has 7 heteroatoms. The van der Waals surface area contributed by atoms with E-state index in [1.807, 2.05) is 63.2 Å². The van der Waals surface area contributed by atoms with Crippen molar-refractivity contribution >= 4 is 34.4 Å². The van der Waals surface area contributed by atoms with Crippen LogP contribution in [0.1, 0.15) is 78.0 Å². The number of amides is 3. The summed E-state index contributed by atoms with van der Waals surface area (Å²) in [6.45, 7) is 11.6. The van der Waals surface area contributed by atoms with E-state index in [1.54, 1.807) is 49.9 Å². The van der Waals surface area contributed by atoms with Gasteiger partial charge in [-0.3, -0.25) is 9.59 Å². The summed E-state index contributed by atoms with van der Waals surface area (Å²) < 4.78 is 5.47. The van der Waals surface area contributed by atoms with E-state index >= 15 is 0 Å². The standard InChI is InChI=1S/C35H43N3O4/c1-8-10-21-38(33(40)30(22-24(3)4)37-34(41)42-35(5,6)7)31(27-17-15-25(9-2)16-18-27)32(39)36-29-20-19-26-13-11-12-14-28(26)23-29/h2,11-20,23-24,30-31H,8,10,21-22H2,1,3-7H3,(H,36,39)(H,37,41). The van der Waals surface area contributed by atoms with Crippen molar-refractivity contribution in [2.75, 3.05) is 11.9 Å². The molecule has 3 rings (SSSR count). The number of hydrogen-bond acceptors (Lipinski definition) is 4. The lowest BCUT2D eigenvalue weighted by molar-refractivity contribution is -0.141. The Morgan fingerprint density at radius 1 is 0.976 bits per heavy atom. The van der Waals surface area contributed by atoms with Gasteiger partial charge in [-0.05, 0) is 80.1 Å². The predicted octanol–water partition coefficient (Wildman–Crippen LogP) is 7.07. The van der Waals surface area contributed by atoms with Gasteiger partial charge in [-0.25, -0.2) is 4.79 Å². The molecule has 2 unspecified atom stereocenters. The molecule has 0 aliphatic heterocycles. The molecule has 0 aliphatic carbocycles. The highest BCUT2D eigenvalue weighted by Crippen LogP contribution is 2.27. The molecule has 0 heterocycles. The van der Waals surface area contributed by atoms with E-state index in [4.69, 9.17) is 11.2 Å². The fourth-order valence-electron chi connectivity index (χ4n) is 4.75. The van der Waals surface area contributed by atoms with E-state index in [2.05, 4.69) is 16.6 Å². The summed E-state index contributed by atoms with van der Waals surface area (Å²) in [5.74, 6) is 2.00. The second-order valence-electron chi connectivity index (χ2n) is 11.9. The minimum Gasteiger partial charge on any atom is -0.444 e. The molecule has 2 atom stereocenters. The van der Waals surface area contributed by atoms with Gasteiger partial charge in [-0.2, -0.15) is 0 Å². The van der Waals surface area contributed by atoms with Crippen LogP contribution in [0.4, 0.5) is 10.5 Å². The zero-order valence-electron chi connectivity index (χ0n) is 25.6. The Balaban J connectivity index is 2.03. The molecule has 3 aromatic carbocycles. The first-order valence-corrected chi connectivity index (χ1v) is 14.6. The van der Waals surface area contributed by atoms with Crippen LogP contribution in [0.25, 0.3) is 10.8 Å². The highest BCUT2D eigenvalue weighted by molar-refractivity contribution is 6.00. The number of terminal acetylenes is 1. The van der Waals surface area contributed by atoms with Crippen LogP contribution in [-0.4, -0.2) is 41.0 Å². The lowest BCUT2D eigenvalue weighted by atomic mass is 9.98. The third-order valence-corrected chi connectivity index (χ3v) is 6.70. The van der Waals surface area contributed by atoms with E-state index in [1.165, 1.54) is 0 Å². The quantitative estimate of drug-likeness (QED) is 0.242. The highest BCUT2D eigenvalue weighted by Gasteiger charge is 2.36. The maximum absolute atomic E-state index is 14.3. The molecule has 2 N–H and O–H groups in total. The van der Waals surface area contributed by atoms with E-state index in [-0.39, 0.29) is 17.7 Å². The van der Waals surface area contributed by atoms with Crippen LogP contribution in [0.5, 0.6) is 0 Å². The first-order chi connectivity index (χ1) is 19.9. The molecule has 222 valence electrons. The van der Waals surface area contributed by atoms with Crippen molar-refractivity contribution in [1.29, 1.82) is 0 Å². The molecule has 42 heavy (non-hydrogen) atoms. The van der Waals surface area contributed by atoms with Gasteiger partial charge in [0.1, 0.15) is 17.7 Å². The number of ether oxygens (including phenoxy) is 1. The Kier molecular flexibility index (Phi) is 11.2. The Hall–Kier alpha value is -4.31. The maximum Gasteiger partial charge on any atom is 0.408 e. The fraction of sp³-hybridized carbons (Fsp3) is 0.400. The lowest BCUT2D eigenvalue weighted by Gasteiger charge is -2.35. The minimum absolute atomic E-state index is 0.0988. The summed E-state index contributed by atoms with van der Waals surface area (Å²) in [6, 6.07) is 18.9. The Morgan fingerprint density at radius 3 is 2.24 bits per heavy atom. The monoisotopic (exact) mass is 569 g/mol. The molecule has 0 aromatic heterocycles. The van der Waals surface area contributed by atoms with Gasteiger partial charge in [0.05, 0.1) is 0 Å². The normalized spacial score (nSPS) is 12.7. The molecule has 7 nitrogen and oxygen atoms in total. The van der Waals surface area contributed by atoms with Crippen LogP contribution in [0.15, 0.2) is 66.7 Å². The third-order valence-electron chi connectivity index (χ3n) is 6.70. The van der Waals surface area contributed by atoms with Crippen LogP contribution in [0.2, 0.25) is 0 Å². The summed E-state index contributed by atoms with van der Waals surface area (Å²) in [5, 5.41) is 7.87. The molecule has 0 saturated heterocycles. The number of carbonyl (C=O) groups is 3. The number of alkyl carbamates (subject to hydrolysis) is 1. The summed E-state index contributed by atoms with van der Waals surface area (Å²) in [4.78, 5) is 42.8. The van der Waals surface area contributed by atoms with Crippen molar-refractivity contribution < 1.29 is 19.1 Å². The molecule has 0 spiro atoms. The molecular weight excluding hydrogens is 526 g/mol. The number of rotatable bonds is 11. The third kappa shape index (κ3) is 9.10. The molecule has 3 amide bonds. The van der Waals surface area contributed by atoms with Crippen LogP contribution in [-0.2, 0) is 14.3 Å². The van der Waals surface area contributed by atoms with Crippen LogP contribution < -0.4 is 10.6 Å². The zero-order chi connectivity index (χ0) is 30.9. The Labute approximate surface area is 250 Å². The molecule has 0 radical (unpaired) electrons. The number of carbonyl (C=O) groups excluding carboxylic acids is 3. The Morgan fingerprint density at radius 2 is 1.64 bits per heavy atom. The number of anilines is 1. The molecular formula is C35H43N3O4. The van der Waals surface area contributed by atoms with Crippen molar-refractivity contribution in [3.05, 3.63) is 77.9 Å². The van der Waals surface area contributed by atoms with Crippen molar-refractivity contribution in [1.82, 2.24) is 10.2 Å². The number of benzene rings is 3. The van der Waals surface area contributed by atoms with Crippen molar-refractivity contribution in [2.45, 2.75) is 78.5 Å². The maximum atomic E-state index is 14.3. The van der Waals surface area contributed by atoms with Gasteiger partial charge < -0.3 is 20.3 Å². The van der Waals surface area contributed by atoms with E-state index < -0.39 is 23.8 Å². The van der Waals surface area contributed by atoms with Gasteiger partial charge in [0.2, 0.25) is 5.91 Å². The lowest BCUT2D eigenvalue weighted by Crippen LogP contribution is -2.53. The summed E-state index contributed by atoms with van der Waals surface area (Å²) >= 11 is 0. The number of nitrogens with one attached hydrogen (secondary N) is 2. The van der Waals surface area contributed by atoms with Crippen LogP contribution in [0.3, 0.4) is 0 Å². The van der Waals surface area contributed by atoms with Gasteiger partial charge >= 0.3 is 6.09 Å². The van der Waals surface area contributed by atoms with E-state index in [0.29, 0.717) is 36.2 Å². The topological polar surface area (TPSA) is 87.7 Å². The summed E-state index contributed by atoms with van der Waals surface area (Å²) in [5.41, 5.74) is 1.19. The molecule has 0 saturated carbocycles. The molecule has 0 bridgehead atoms. The van der Waals surface area contributed by atoms with Crippen molar-refractivity contribution in [2.24, 2.45) is 5.92 Å². The minimum atomic E-state index is -0.961. The first-order valence-electron chi connectivity index (χ1n) is 14.6. The van der Waals surface area contributed by atoms with Crippen molar-refractivity contribution in [3.63, 3.8) is 0 Å². The zero-order valence-corrected chi connectivity index (χ0v) is 25.6. The van der Waals surface area contributed by atoms with Crippen LogP contribution in [0, 0.1) is 18.3 Å². The number of fused-ring (bicyclic) bond motifs is 1. The van der Waals surface area contributed by atoms with Gasteiger partial charge in [-0.1, -0.05) is 75.6 Å². The fourth-order valence-corrected chi connectivity index (χ4v) is 4.75. The largest absolute Gasteiger partial charge is 0.444 e. The predicted molar refractivity (Wildman–Crippen MR) is 169 cm³/mol. The first kappa shape index (κ1) is 32.2. The SMILES string of the molecule is C#Cc1ccc(C(C(=O)Nc2ccc3ccccc3c2)N(CCCC)C(=O)C(CC(C)C)NC(=O)OC(C)(C)C)cc1. The average Bonchev–Trinajstić information content (AvgIpc) is 2.93. The molecule has 3 aromatic rings. The summed E-state index contributed by atoms with van der Waals surface area (Å²) in [6.07, 6.45) is 6.79. The molecule has 0 fully saturated rings. The number of unbranched alkanes of at least 4 members (excludes halogenated alkanes) is 1. The average molecular weight is 570 g/mol. The van der Waals surface area contributed by atoms with Gasteiger partial charge in [-0.15, -0.1) is 6.42 Å². The van der Waals surface area contributed by atoms with E-state index in [0.717, 1.165) is 17.2 Å². The number of nitrogens with zero attached hydrogens (tertiary/aromatic N) is 1. The van der Waals surface area contributed by atoms with Gasteiger partial charge in [0.15, 0.2) is 0 Å². The second kappa shape index (κ2) is 14.5. The van der Waals surface area contributed by atoms with Crippen LogP contribution >= 0.6 is 0 Å².